The number of hydrogen-bond donors (Lipinski definition) is 1. The molecule has 2 aromatic rings. The van der Waals surface area contributed by atoms with Crippen LogP contribution in [0.3, 0.4) is 0 Å². The maximum atomic E-state index is 12.4. The van der Waals surface area contributed by atoms with Crippen molar-refractivity contribution in [3.05, 3.63) is 40.9 Å². The number of hydrogen-bond acceptors (Lipinski definition) is 4. The van der Waals surface area contributed by atoms with E-state index < -0.39 is 0 Å². The van der Waals surface area contributed by atoms with Crippen LogP contribution in [0.1, 0.15) is 61.0 Å². The molecule has 1 N–H and O–H groups in total. The number of rotatable bonds is 7. The van der Waals surface area contributed by atoms with E-state index in [1.165, 1.54) is 6.08 Å². The zero-order valence-corrected chi connectivity index (χ0v) is 16.9. The summed E-state index contributed by atoms with van der Waals surface area (Å²) in [6.07, 6.45) is 4.75. The second-order valence-corrected chi connectivity index (χ2v) is 6.50. The monoisotopic (exact) mass is 372 g/mol. The predicted octanol–water partition coefficient (Wildman–Crippen LogP) is 3.73. The molecule has 0 aliphatic heterocycles. The molecule has 0 radical (unpaired) electrons. The third-order valence-electron chi connectivity index (χ3n) is 4.44. The second kappa shape index (κ2) is 8.70. The van der Waals surface area contributed by atoms with E-state index in [2.05, 4.69) is 10.4 Å². The average molecular weight is 372 g/mol. The van der Waals surface area contributed by atoms with Crippen LogP contribution in [-0.2, 0) is 16.1 Å². The van der Waals surface area contributed by atoms with Crippen LogP contribution in [0.2, 0.25) is 0 Å². The van der Waals surface area contributed by atoms with Crippen molar-refractivity contribution in [2.24, 2.45) is 0 Å². The third-order valence-corrected chi connectivity index (χ3v) is 4.44. The molecular weight excluding hydrogens is 344 g/mol. The van der Waals surface area contributed by atoms with Gasteiger partial charge >= 0.3 is 5.97 Å². The minimum Gasteiger partial charge on any atom is -0.462 e. The zero-order chi connectivity index (χ0) is 20.1. The lowest BCUT2D eigenvalue weighted by Crippen LogP contribution is -2.14. The summed E-state index contributed by atoms with van der Waals surface area (Å²) in [5, 5.41) is 7.02. The minimum absolute atomic E-state index is 0.137. The quantitative estimate of drug-likeness (QED) is 0.593. The molecule has 146 valence electrons. The second-order valence-electron chi connectivity index (χ2n) is 6.50. The normalized spacial score (nSPS) is 11.4. The van der Waals surface area contributed by atoms with Gasteiger partial charge in [0.15, 0.2) is 0 Å². The lowest BCUT2D eigenvalue weighted by Gasteiger charge is -2.10. The standard InChI is InChI=1S/C20H28N4O3/c1-7-23-14(5)16(19(15(23)6)20(26)27-8-2)9-10-18(25)22-17-11-12-21-24(17)13(3)4/h9-13H,7-8H2,1-6H3,(H,22,25). The molecule has 2 aromatic heterocycles. The molecule has 0 spiro atoms. The maximum absolute atomic E-state index is 12.4. The first-order valence-corrected chi connectivity index (χ1v) is 9.21. The Morgan fingerprint density at radius 2 is 1.96 bits per heavy atom. The number of anilines is 1. The van der Waals surface area contributed by atoms with Crippen LogP contribution < -0.4 is 5.32 Å². The Kier molecular flexibility index (Phi) is 6.60. The van der Waals surface area contributed by atoms with Gasteiger partial charge in [-0.3, -0.25) is 4.79 Å². The number of carbonyl (C=O) groups is 2. The summed E-state index contributed by atoms with van der Waals surface area (Å²) in [5.41, 5.74) is 2.98. The van der Waals surface area contributed by atoms with Crippen molar-refractivity contribution < 1.29 is 14.3 Å². The Balaban J connectivity index is 2.31. The number of amides is 1. The first kappa shape index (κ1) is 20.5. The summed E-state index contributed by atoms with van der Waals surface area (Å²) >= 11 is 0. The molecule has 0 fully saturated rings. The van der Waals surface area contributed by atoms with E-state index in [0.717, 1.165) is 17.9 Å². The van der Waals surface area contributed by atoms with Crippen molar-refractivity contribution in [3.63, 3.8) is 0 Å². The van der Waals surface area contributed by atoms with Gasteiger partial charge in [0, 0.05) is 41.7 Å². The number of carbonyl (C=O) groups excluding carboxylic acids is 2. The summed E-state index contributed by atoms with van der Waals surface area (Å²) < 4.78 is 8.97. The highest BCUT2D eigenvalue weighted by Crippen LogP contribution is 2.25. The molecule has 0 atom stereocenters. The summed E-state index contributed by atoms with van der Waals surface area (Å²) in [6, 6.07) is 1.89. The van der Waals surface area contributed by atoms with Gasteiger partial charge in [0.1, 0.15) is 5.82 Å². The SMILES string of the molecule is CCOC(=O)c1c(C=CC(=O)Nc2ccnn2C(C)C)c(C)n(CC)c1C. The number of aromatic nitrogens is 3. The molecule has 0 aromatic carbocycles. The van der Waals surface area contributed by atoms with Crippen LogP contribution >= 0.6 is 0 Å². The van der Waals surface area contributed by atoms with Crippen LogP contribution in [0.25, 0.3) is 6.08 Å². The molecular formula is C20H28N4O3. The number of nitrogens with zero attached hydrogens (tertiary/aromatic N) is 3. The first-order valence-electron chi connectivity index (χ1n) is 9.21. The van der Waals surface area contributed by atoms with Crippen LogP contribution in [0.15, 0.2) is 18.3 Å². The molecule has 2 rings (SSSR count). The Bertz CT molecular complexity index is 859. The lowest BCUT2D eigenvalue weighted by atomic mass is 10.1. The third kappa shape index (κ3) is 4.30. The topological polar surface area (TPSA) is 78.2 Å². The van der Waals surface area contributed by atoms with Crippen molar-refractivity contribution in [2.75, 3.05) is 11.9 Å². The summed E-state index contributed by atoms with van der Waals surface area (Å²) in [5.74, 6) is -0.0268. The highest BCUT2D eigenvalue weighted by molar-refractivity contribution is 6.03. The minimum atomic E-state index is -0.372. The van der Waals surface area contributed by atoms with Crippen LogP contribution in [0, 0.1) is 13.8 Å². The number of nitrogens with one attached hydrogen (secondary N) is 1. The number of ether oxygens (including phenoxy) is 1. The fourth-order valence-electron chi connectivity index (χ4n) is 3.20. The summed E-state index contributed by atoms with van der Waals surface area (Å²) in [4.78, 5) is 24.8. The summed E-state index contributed by atoms with van der Waals surface area (Å²) in [7, 11) is 0. The predicted molar refractivity (Wildman–Crippen MR) is 106 cm³/mol. The van der Waals surface area contributed by atoms with E-state index in [9.17, 15) is 9.59 Å². The van der Waals surface area contributed by atoms with E-state index in [1.807, 2.05) is 39.2 Å². The van der Waals surface area contributed by atoms with Gasteiger partial charge in [0.25, 0.3) is 0 Å². The van der Waals surface area contributed by atoms with Crippen molar-refractivity contribution >= 4 is 23.8 Å². The van der Waals surface area contributed by atoms with Gasteiger partial charge in [-0.2, -0.15) is 5.10 Å². The van der Waals surface area contributed by atoms with Gasteiger partial charge in [-0.05, 0) is 47.6 Å². The molecule has 0 saturated heterocycles. The average Bonchev–Trinajstić information content (AvgIpc) is 3.15. The van der Waals surface area contributed by atoms with Crippen molar-refractivity contribution in [1.29, 1.82) is 0 Å². The van der Waals surface area contributed by atoms with Gasteiger partial charge in [0.05, 0.1) is 18.4 Å². The molecule has 27 heavy (non-hydrogen) atoms. The van der Waals surface area contributed by atoms with Gasteiger partial charge in [-0.15, -0.1) is 0 Å². The molecule has 7 nitrogen and oxygen atoms in total. The number of esters is 1. The Labute approximate surface area is 160 Å². The summed E-state index contributed by atoms with van der Waals surface area (Å²) in [6.45, 7) is 12.6. The van der Waals surface area contributed by atoms with E-state index in [1.54, 1.807) is 29.9 Å². The van der Waals surface area contributed by atoms with Crippen molar-refractivity contribution in [3.8, 4) is 0 Å². The van der Waals surface area contributed by atoms with Crippen LogP contribution in [0.4, 0.5) is 5.82 Å². The van der Waals surface area contributed by atoms with E-state index >= 15 is 0 Å². The van der Waals surface area contributed by atoms with Crippen LogP contribution in [-0.4, -0.2) is 32.8 Å². The largest absolute Gasteiger partial charge is 0.462 e. The van der Waals surface area contributed by atoms with Gasteiger partial charge in [-0.25, -0.2) is 9.48 Å². The highest BCUT2D eigenvalue weighted by Gasteiger charge is 2.22. The van der Waals surface area contributed by atoms with E-state index in [4.69, 9.17) is 4.74 Å². The smallest absolute Gasteiger partial charge is 0.340 e. The van der Waals surface area contributed by atoms with Crippen molar-refractivity contribution in [1.82, 2.24) is 14.3 Å². The molecule has 0 aliphatic carbocycles. The Morgan fingerprint density at radius 1 is 1.26 bits per heavy atom. The molecule has 0 saturated carbocycles. The maximum Gasteiger partial charge on any atom is 0.340 e. The van der Waals surface area contributed by atoms with Gasteiger partial charge < -0.3 is 14.6 Å². The van der Waals surface area contributed by atoms with E-state index in [0.29, 0.717) is 23.6 Å². The Morgan fingerprint density at radius 3 is 2.56 bits per heavy atom. The zero-order valence-electron chi connectivity index (χ0n) is 16.9. The molecule has 1 amide bonds. The molecule has 0 bridgehead atoms. The van der Waals surface area contributed by atoms with Crippen LogP contribution in [0.5, 0.6) is 0 Å². The van der Waals surface area contributed by atoms with Gasteiger partial charge in [-0.1, -0.05) is 0 Å². The van der Waals surface area contributed by atoms with Crippen molar-refractivity contribution in [2.45, 2.75) is 54.1 Å². The fraction of sp³-hybridized carbons (Fsp3) is 0.450. The molecule has 0 aliphatic rings. The molecule has 7 heteroatoms. The highest BCUT2D eigenvalue weighted by atomic mass is 16.5. The molecule has 0 unspecified atom stereocenters. The Hall–Kier alpha value is -2.83. The van der Waals surface area contributed by atoms with Gasteiger partial charge in [0.2, 0.25) is 5.91 Å². The van der Waals surface area contributed by atoms with E-state index in [-0.39, 0.29) is 17.9 Å². The first-order chi connectivity index (χ1) is 12.8. The fourth-order valence-corrected chi connectivity index (χ4v) is 3.20. The lowest BCUT2D eigenvalue weighted by molar-refractivity contribution is -0.111. The molecule has 2 heterocycles.